The summed E-state index contributed by atoms with van der Waals surface area (Å²) in [6.45, 7) is 2.50. The Hall–Kier alpha value is -3.43. The third-order valence-electron chi connectivity index (χ3n) is 5.67. The molecular weight excluding hydrogens is 505 g/mol. The highest BCUT2D eigenvalue weighted by Crippen LogP contribution is 2.31. The van der Waals surface area contributed by atoms with Crippen LogP contribution in [0.2, 0.25) is 15.1 Å². The van der Waals surface area contributed by atoms with Crippen LogP contribution in [0.15, 0.2) is 66.2 Å². The second-order valence-corrected chi connectivity index (χ2v) is 9.07. The van der Waals surface area contributed by atoms with E-state index in [2.05, 4.69) is 9.88 Å². The Bertz CT molecular complexity index is 1520. The number of hydrogen-bond acceptors (Lipinski definition) is 3. The number of amides is 1. The zero-order valence-electron chi connectivity index (χ0n) is 18.9. The fourth-order valence-corrected chi connectivity index (χ4v) is 4.42. The number of anilines is 1. The van der Waals surface area contributed by atoms with Crippen molar-refractivity contribution >= 4 is 63.4 Å². The van der Waals surface area contributed by atoms with Crippen molar-refractivity contribution in [3.63, 3.8) is 0 Å². The molecule has 0 atom stereocenters. The van der Waals surface area contributed by atoms with E-state index in [1.807, 2.05) is 49.4 Å². The van der Waals surface area contributed by atoms with E-state index in [1.54, 1.807) is 30.3 Å². The second kappa shape index (κ2) is 10.5. The van der Waals surface area contributed by atoms with E-state index >= 15 is 0 Å². The summed E-state index contributed by atoms with van der Waals surface area (Å²) in [6, 6.07) is 20.3. The number of nitrogens with one attached hydrogen (secondary N) is 1. The lowest BCUT2D eigenvalue weighted by Crippen LogP contribution is -2.14. The van der Waals surface area contributed by atoms with Crippen molar-refractivity contribution in [2.45, 2.75) is 13.5 Å². The van der Waals surface area contributed by atoms with Gasteiger partial charge in [-0.2, -0.15) is 5.26 Å². The quantitative estimate of drug-likeness (QED) is 0.210. The molecular formula is C27H20Cl3N3O2. The smallest absolute Gasteiger partial charge is 0.266 e. The Morgan fingerprint density at radius 1 is 1.09 bits per heavy atom. The highest BCUT2D eigenvalue weighted by atomic mass is 35.5. The number of carbonyl (C=O) groups excluding carboxylic acids is 1. The predicted molar refractivity (Wildman–Crippen MR) is 142 cm³/mol. The molecule has 1 N–H and O–H groups in total. The standard InChI is InChI=1S/C27H20Cl3N3O2/c1-16-21(12-18(14-31)27(34)32-24-13-19(28)8-10-26(24)35-2)20-5-3-4-6-25(20)33(16)15-17-7-9-22(29)23(30)11-17/h3-13H,15H2,1-2H3,(H,32,34)/b18-12+. The van der Waals surface area contributed by atoms with Crippen molar-refractivity contribution in [1.29, 1.82) is 5.26 Å². The summed E-state index contributed by atoms with van der Waals surface area (Å²) < 4.78 is 7.41. The number of nitriles is 1. The van der Waals surface area contributed by atoms with Crippen molar-refractivity contribution in [1.82, 2.24) is 4.57 Å². The monoisotopic (exact) mass is 523 g/mol. The van der Waals surface area contributed by atoms with Crippen molar-refractivity contribution in [3.05, 3.63) is 98.1 Å². The minimum Gasteiger partial charge on any atom is -0.495 e. The average molecular weight is 525 g/mol. The fraction of sp³-hybridized carbons (Fsp3) is 0.111. The molecule has 0 aliphatic rings. The van der Waals surface area contributed by atoms with Gasteiger partial charge in [-0.15, -0.1) is 0 Å². The average Bonchev–Trinajstić information content (AvgIpc) is 3.10. The number of aromatic nitrogens is 1. The maximum Gasteiger partial charge on any atom is 0.266 e. The van der Waals surface area contributed by atoms with E-state index in [9.17, 15) is 10.1 Å². The molecule has 4 rings (SSSR count). The van der Waals surface area contributed by atoms with Gasteiger partial charge in [0.15, 0.2) is 0 Å². The lowest BCUT2D eigenvalue weighted by Gasteiger charge is -2.10. The number of halogens is 3. The molecule has 0 radical (unpaired) electrons. The van der Waals surface area contributed by atoms with Crippen LogP contribution in [0.4, 0.5) is 5.69 Å². The van der Waals surface area contributed by atoms with E-state index in [0.717, 1.165) is 27.7 Å². The Morgan fingerprint density at radius 2 is 1.86 bits per heavy atom. The van der Waals surface area contributed by atoms with Gasteiger partial charge in [-0.3, -0.25) is 4.79 Å². The zero-order chi connectivity index (χ0) is 25.1. The first kappa shape index (κ1) is 24.7. The summed E-state index contributed by atoms with van der Waals surface area (Å²) in [5.74, 6) is -0.122. The van der Waals surface area contributed by atoms with Gasteiger partial charge in [-0.1, -0.05) is 59.1 Å². The number of ether oxygens (including phenoxy) is 1. The van der Waals surface area contributed by atoms with Gasteiger partial charge >= 0.3 is 0 Å². The van der Waals surface area contributed by atoms with E-state index in [1.165, 1.54) is 7.11 Å². The Kier molecular flexibility index (Phi) is 7.37. The molecule has 0 spiro atoms. The van der Waals surface area contributed by atoms with Crippen LogP contribution in [0.1, 0.15) is 16.8 Å². The molecule has 1 heterocycles. The molecule has 35 heavy (non-hydrogen) atoms. The van der Waals surface area contributed by atoms with Gasteiger partial charge in [0, 0.05) is 33.7 Å². The Labute approximate surface area is 218 Å². The van der Waals surface area contributed by atoms with E-state index < -0.39 is 5.91 Å². The van der Waals surface area contributed by atoms with Crippen LogP contribution in [-0.2, 0) is 11.3 Å². The molecule has 0 unspecified atom stereocenters. The van der Waals surface area contributed by atoms with Crippen LogP contribution < -0.4 is 10.1 Å². The number of rotatable bonds is 6. The van der Waals surface area contributed by atoms with Crippen molar-refractivity contribution in [2.24, 2.45) is 0 Å². The molecule has 0 fully saturated rings. The largest absolute Gasteiger partial charge is 0.495 e. The number of hydrogen-bond donors (Lipinski definition) is 1. The van der Waals surface area contributed by atoms with Gasteiger partial charge in [0.25, 0.3) is 5.91 Å². The van der Waals surface area contributed by atoms with Crippen LogP contribution in [0.5, 0.6) is 5.75 Å². The minimum absolute atomic E-state index is 0.0485. The molecule has 3 aromatic carbocycles. The molecule has 0 saturated carbocycles. The first-order chi connectivity index (χ1) is 16.8. The van der Waals surface area contributed by atoms with E-state index in [-0.39, 0.29) is 5.57 Å². The number of carbonyl (C=O) groups is 1. The molecule has 1 aromatic heterocycles. The Balaban J connectivity index is 1.75. The molecule has 4 aromatic rings. The number of methoxy groups -OCH3 is 1. The number of benzene rings is 3. The number of nitrogens with zero attached hydrogens (tertiary/aromatic N) is 2. The van der Waals surface area contributed by atoms with Crippen LogP contribution in [-0.4, -0.2) is 17.6 Å². The molecule has 0 bridgehead atoms. The molecule has 0 saturated heterocycles. The molecule has 1 amide bonds. The van der Waals surface area contributed by atoms with Crippen molar-refractivity contribution in [3.8, 4) is 11.8 Å². The SMILES string of the molecule is COc1ccc(Cl)cc1NC(=O)/C(C#N)=C/c1c(C)n(Cc2ccc(Cl)c(Cl)c2)c2ccccc12. The summed E-state index contributed by atoms with van der Waals surface area (Å²) >= 11 is 18.4. The van der Waals surface area contributed by atoms with Crippen molar-refractivity contribution < 1.29 is 9.53 Å². The number of para-hydroxylation sites is 1. The normalized spacial score (nSPS) is 11.4. The third kappa shape index (κ3) is 5.16. The first-order valence-corrected chi connectivity index (χ1v) is 11.7. The topological polar surface area (TPSA) is 67.0 Å². The summed E-state index contributed by atoms with van der Waals surface area (Å²) in [5.41, 5.74) is 3.96. The number of fused-ring (bicyclic) bond motifs is 1. The maximum absolute atomic E-state index is 13.0. The molecule has 176 valence electrons. The maximum atomic E-state index is 13.0. The highest BCUT2D eigenvalue weighted by molar-refractivity contribution is 6.42. The van der Waals surface area contributed by atoms with Gasteiger partial charge in [0.1, 0.15) is 17.4 Å². The lowest BCUT2D eigenvalue weighted by atomic mass is 10.1. The second-order valence-electron chi connectivity index (χ2n) is 7.82. The fourth-order valence-electron chi connectivity index (χ4n) is 3.92. The molecule has 8 heteroatoms. The molecule has 0 aliphatic carbocycles. The minimum atomic E-state index is -0.561. The van der Waals surface area contributed by atoms with Crippen LogP contribution in [0.3, 0.4) is 0 Å². The summed E-state index contributed by atoms with van der Waals surface area (Å²) in [7, 11) is 1.49. The van der Waals surface area contributed by atoms with Crippen LogP contribution in [0, 0.1) is 18.3 Å². The first-order valence-electron chi connectivity index (χ1n) is 10.6. The molecule has 5 nitrogen and oxygen atoms in total. The Morgan fingerprint density at radius 3 is 2.57 bits per heavy atom. The highest BCUT2D eigenvalue weighted by Gasteiger charge is 2.18. The lowest BCUT2D eigenvalue weighted by molar-refractivity contribution is -0.112. The van der Waals surface area contributed by atoms with Crippen LogP contribution >= 0.6 is 34.8 Å². The third-order valence-corrected chi connectivity index (χ3v) is 6.64. The van der Waals surface area contributed by atoms with E-state index in [0.29, 0.717) is 33.0 Å². The summed E-state index contributed by atoms with van der Waals surface area (Å²) in [4.78, 5) is 13.0. The van der Waals surface area contributed by atoms with Gasteiger partial charge in [-0.25, -0.2) is 0 Å². The van der Waals surface area contributed by atoms with Gasteiger partial charge < -0.3 is 14.6 Å². The van der Waals surface area contributed by atoms with Gasteiger partial charge in [0.2, 0.25) is 0 Å². The summed E-state index contributed by atoms with van der Waals surface area (Å²) in [5, 5.41) is 14.9. The predicted octanol–water partition coefficient (Wildman–Crippen LogP) is 7.51. The van der Waals surface area contributed by atoms with Gasteiger partial charge in [0.05, 0.1) is 22.8 Å². The van der Waals surface area contributed by atoms with E-state index in [4.69, 9.17) is 39.5 Å². The van der Waals surface area contributed by atoms with Crippen molar-refractivity contribution in [2.75, 3.05) is 12.4 Å². The van der Waals surface area contributed by atoms with Crippen LogP contribution in [0.25, 0.3) is 17.0 Å². The van der Waals surface area contributed by atoms with Gasteiger partial charge in [-0.05, 0) is 55.0 Å². The summed E-state index contributed by atoms with van der Waals surface area (Å²) in [6.07, 6.45) is 1.61. The zero-order valence-corrected chi connectivity index (χ0v) is 21.2. The molecule has 0 aliphatic heterocycles.